The van der Waals surface area contributed by atoms with Crippen molar-refractivity contribution in [2.45, 2.75) is 46.0 Å². The van der Waals surface area contributed by atoms with Crippen molar-refractivity contribution in [3.63, 3.8) is 0 Å². The van der Waals surface area contributed by atoms with Crippen molar-refractivity contribution >= 4 is 34.5 Å². The van der Waals surface area contributed by atoms with Gasteiger partial charge in [-0.1, -0.05) is 31.5 Å². The Bertz CT molecular complexity index is 466. The van der Waals surface area contributed by atoms with Crippen molar-refractivity contribution in [1.29, 1.82) is 0 Å². The fourth-order valence-corrected chi connectivity index (χ4v) is 3.48. The van der Waals surface area contributed by atoms with Gasteiger partial charge in [-0.3, -0.25) is 9.59 Å². The van der Waals surface area contributed by atoms with Crippen molar-refractivity contribution in [3.8, 4) is 0 Å². The van der Waals surface area contributed by atoms with Crippen LogP contribution in [0.2, 0.25) is 0 Å². The molecule has 1 fully saturated rings. The van der Waals surface area contributed by atoms with Crippen LogP contribution in [-0.2, 0) is 9.59 Å². The molecule has 0 aromatic heterocycles. The van der Waals surface area contributed by atoms with Gasteiger partial charge in [-0.05, 0) is 26.2 Å². The number of thioether (sulfide) groups is 1. The van der Waals surface area contributed by atoms with Crippen LogP contribution in [-0.4, -0.2) is 46.4 Å². The van der Waals surface area contributed by atoms with E-state index in [-0.39, 0.29) is 17.7 Å². The Balaban J connectivity index is 1.88. The number of amidine groups is 1. The second-order valence-electron chi connectivity index (χ2n) is 5.53. The molecule has 5 nitrogen and oxygen atoms in total. The Kier molecular flexibility index (Phi) is 5.96. The number of aliphatic imine (C=N–C) groups is 2. The van der Waals surface area contributed by atoms with Crippen LogP contribution in [0.4, 0.5) is 0 Å². The molecule has 0 aliphatic carbocycles. The summed E-state index contributed by atoms with van der Waals surface area (Å²) in [6, 6.07) is 0. The lowest BCUT2D eigenvalue weighted by atomic mass is 10.0. The molecule has 0 aromatic rings. The third kappa shape index (κ3) is 4.40. The molecule has 6 heteroatoms. The van der Waals surface area contributed by atoms with Gasteiger partial charge in [0.25, 0.3) is 5.91 Å². The minimum atomic E-state index is -0.185. The molecule has 1 unspecified atom stereocenters. The van der Waals surface area contributed by atoms with Gasteiger partial charge in [0.15, 0.2) is 5.17 Å². The topological polar surface area (TPSA) is 62.1 Å². The highest BCUT2D eigenvalue weighted by molar-refractivity contribution is 8.14. The van der Waals surface area contributed by atoms with Crippen LogP contribution in [0.3, 0.4) is 0 Å². The maximum atomic E-state index is 12.2. The van der Waals surface area contributed by atoms with Gasteiger partial charge in [-0.15, -0.1) is 0 Å². The Morgan fingerprint density at radius 2 is 1.90 bits per heavy atom. The molecule has 0 saturated carbocycles. The molecule has 0 aromatic carbocycles. The van der Waals surface area contributed by atoms with E-state index in [4.69, 9.17) is 0 Å². The van der Waals surface area contributed by atoms with Crippen LogP contribution in [0.5, 0.6) is 0 Å². The van der Waals surface area contributed by atoms with E-state index in [1.165, 1.54) is 24.6 Å². The van der Waals surface area contributed by atoms with Gasteiger partial charge in [0.2, 0.25) is 5.91 Å². The number of amides is 2. The lowest BCUT2D eigenvalue weighted by Gasteiger charge is -2.20. The van der Waals surface area contributed by atoms with Crippen molar-refractivity contribution < 1.29 is 9.59 Å². The minimum Gasteiger partial charge on any atom is -0.342 e. The quantitative estimate of drug-likeness (QED) is 0.804. The van der Waals surface area contributed by atoms with Crippen LogP contribution < -0.4 is 0 Å². The van der Waals surface area contributed by atoms with Gasteiger partial charge >= 0.3 is 0 Å². The molecule has 1 atom stereocenters. The molecular weight excluding hydrogens is 286 g/mol. The predicted molar refractivity (Wildman–Crippen MR) is 86.8 cm³/mol. The lowest BCUT2D eigenvalue weighted by molar-refractivity contribution is -0.128. The van der Waals surface area contributed by atoms with Crippen LogP contribution >= 0.6 is 11.8 Å². The number of likely N-dealkylation sites (tertiary alicyclic amines) is 1. The summed E-state index contributed by atoms with van der Waals surface area (Å²) in [7, 11) is 0. The largest absolute Gasteiger partial charge is 0.342 e. The molecule has 0 radical (unpaired) electrons. The molecule has 0 bridgehead atoms. The van der Waals surface area contributed by atoms with Crippen LogP contribution in [0.1, 0.15) is 46.0 Å². The molecule has 0 spiro atoms. The fourth-order valence-electron chi connectivity index (χ4n) is 2.68. The van der Waals surface area contributed by atoms with E-state index in [9.17, 15) is 9.59 Å². The van der Waals surface area contributed by atoms with Gasteiger partial charge in [0.05, 0.1) is 11.7 Å². The highest BCUT2D eigenvalue weighted by Crippen LogP contribution is 2.19. The van der Waals surface area contributed by atoms with E-state index in [1.54, 1.807) is 0 Å². The van der Waals surface area contributed by atoms with E-state index in [2.05, 4.69) is 9.98 Å². The lowest BCUT2D eigenvalue weighted by Crippen LogP contribution is -2.33. The van der Waals surface area contributed by atoms with Gasteiger partial charge in [-0.25, -0.2) is 4.99 Å². The zero-order chi connectivity index (χ0) is 15.2. The molecule has 116 valence electrons. The molecule has 21 heavy (non-hydrogen) atoms. The first-order chi connectivity index (χ1) is 10.1. The highest BCUT2D eigenvalue weighted by Gasteiger charge is 2.25. The second kappa shape index (κ2) is 7.73. The van der Waals surface area contributed by atoms with Crippen LogP contribution in [0, 0.1) is 5.92 Å². The molecule has 2 heterocycles. The van der Waals surface area contributed by atoms with Crippen molar-refractivity contribution in [1.82, 2.24) is 4.90 Å². The smallest absolute Gasteiger partial charge is 0.256 e. The van der Waals surface area contributed by atoms with Gasteiger partial charge < -0.3 is 4.90 Å². The third-order valence-electron chi connectivity index (χ3n) is 3.97. The summed E-state index contributed by atoms with van der Waals surface area (Å²) in [5.74, 6) is 0.132. The first-order valence-electron chi connectivity index (χ1n) is 7.70. The minimum absolute atomic E-state index is 0.127. The maximum absolute atomic E-state index is 12.2. The summed E-state index contributed by atoms with van der Waals surface area (Å²) in [5.41, 5.74) is 0.808. The average Bonchev–Trinajstić information content (AvgIpc) is 2.73. The molecule has 2 rings (SSSR count). The Morgan fingerprint density at radius 3 is 2.48 bits per heavy atom. The highest BCUT2D eigenvalue weighted by atomic mass is 32.2. The second-order valence-corrected chi connectivity index (χ2v) is 6.47. The summed E-state index contributed by atoms with van der Waals surface area (Å²) in [6.07, 6.45) is 5.32. The summed E-state index contributed by atoms with van der Waals surface area (Å²) < 4.78 is 0. The van der Waals surface area contributed by atoms with Gasteiger partial charge in [0.1, 0.15) is 0 Å². The summed E-state index contributed by atoms with van der Waals surface area (Å²) in [4.78, 5) is 34.3. The van der Waals surface area contributed by atoms with Crippen molar-refractivity contribution in [3.05, 3.63) is 0 Å². The Labute approximate surface area is 130 Å². The molecule has 2 aliphatic rings. The normalized spacial score (nSPS) is 23.4. The van der Waals surface area contributed by atoms with Gasteiger partial charge in [-0.2, -0.15) is 4.99 Å². The Hall–Kier alpha value is -1.17. The summed E-state index contributed by atoms with van der Waals surface area (Å²) >= 11 is 1.28. The van der Waals surface area contributed by atoms with E-state index >= 15 is 0 Å². The monoisotopic (exact) mass is 309 g/mol. The first kappa shape index (κ1) is 16.2. The van der Waals surface area contributed by atoms with Crippen molar-refractivity contribution in [2.24, 2.45) is 15.9 Å². The van der Waals surface area contributed by atoms with Gasteiger partial charge in [0, 0.05) is 18.8 Å². The molecule has 1 saturated heterocycles. The van der Waals surface area contributed by atoms with Crippen LogP contribution in [0.15, 0.2) is 9.98 Å². The molecule has 0 N–H and O–H groups in total. The van der Waals surface area contributed by atoms with E-state index in [0.717, 1.165) is 38.1 Å². The zero-order valence-corrected chi connectivity index (χ0v) is 13.6. The number of hydrogen-bond acceptors (Lipinski definition) is 4. The molecule has 2 aliphatic heterocycles. The van der Waals surface area contributed by atoms with E-state index in [0.29, 0.717) is 10.9 Å². The summed E-state index contributed by atoms with van der Waals surface area (Å²) in [5, 5.41) is 0.436. The number of carbonyl (C=O) groups excluding carboxylic acids is 2. The first-order valence-corrected chi connectivity index (χ1v) is 8.68. The number of hydrogen-bond donors (Lipinski definition) is 0. The third-order valence-corrected chi connectivity index (χ3v) is 4.80. The fraction of sp³-hybridized carbons (Fsp3) is 0.733. The SMILES string of the molecule is CCC1C(=O)N=C(SCC(=O)N2CCCCCC2)N=C1C. The predicted octanol–water partition coefficient (Wildman–Crippen LogP) is 2.51. The number of carbonyl (C=O) groups is 2. The standard InChI is InChI=1S/C15H23N3O2S/c1-3-12-11(2)16-15(17-14(12)20)21-10-13(19)18-8-6-4-5-7-9-18/h12H,3-10H2,1-2H3. The van der Waals surface area contributed by atoms with Crippen molar-refractivity contribution in [2.75, 3.05) is 18.8 Å². The Morgan fingerprint density at radius 1 is 1.24 bits per heavy atom. The number of rotatable bonds is 3. The van der Waals surface area contributed by atoms with E-state index < -0.39 is 0 Å². The maximum Gasteiger partial charge on any atom is 0.256 e. The summed E-state index contributed by atoms with van der Waals surface area (Å²) in [6.45, 7) is 5.52. The molecular formula is C15H23N3O2S. The van der Waals surface area contributed by atoms with Crippen LogP contribution in [0.25, 0.3) is 0 Å². The average molecular weight is 309 g/mol. The number of nitrogens with zero attached hydrogens (tertiary/aromatic N) is 3. The van der Waals surface area contributed by atoms with E-state index in [1.807, 2.05) is 18.7 Å². The zero-order valence-electron chi connectivity index (χ0n) is 12.8. The molecule has 2 amide bonds.